The van der Waals surface area contributed by atoms with Crippen LogP contribution in [0.2, 0.25) is 0 Å². The summed E-state index contributed by atoms with van der Waals surface area (Å²) in [5, 5.41) is 2.88. The molecule has 3 rings (SSSR count). The normalized spacial score (nSPS) is 17.0. The standard InChI is InChI=1S/C15H13BrF3N3O/c1-23-12-7-20-13(15(17,18)19)14(22-12)21-11-6-5-8-9(11)3-2-4-10(8)16/h2-4,7,11H,5-6H2,1H3,(H,21,22)/t11-/m0/s1. The highest BCUT2D eigenvalue weighted by molar-refractivity contribution is 9.10. The van der Waals surface area contributed by atoms with Crippen molar-refractivity contribution in [3.63, 3.8) is 0 Å². The van der Waals surface area contributed by atoms with Gasteiger partial charge in [-0.25, -0.2) is 4.98 Å². The summed E-state index contributed by atoms with van der Waals surface area (Å²) in [6.07, 6.45) is -2.14. The first kappa shape index (κ1) is 16.0. The third-order valence-electron chi connectivity index (χ3n) is 3.75. The van der Waals surface area contributed by atoms with Crippen molar-refractivity contribution in [2.75, 3.05) is 12.4 Å². The van der Waals surface area contributed by atoms with Crippen LogP contribution in [0.4, 0.5) is 19.0 Å². The molecule has 1 heterocycles. The van der Waals surface area contributed by atoms with Crippen LogP contribution in [0, 0.1) is 0 Å². The summed E-state index contributed by atoms with van der Waals surface area (Å²) >= 11 is 3.47. The molecule has 0 unspecified atom stereocenters. The number of anilines is 1. The molecule has 1 aliphatic rings. The minimum Gasteiger partial charge on any atom is -0.480 e. The average molecular weight is 388 g/mol. The highest BCUT2D eigenvalue weighted by Crippen LogP contribution is 2.40. The Balaban J connectivity index is 1.97. The van der Waals surface area contributed by atoms with Crippen molar-refractivity contribution < 1.29 is 17.9 Å². The van der Waals surface area contributed by atoms with E-state index in [-0.39, 0.29) is 17.7 Å². The maximum atomic E-state index is 13.1. The zero-order valence-electron chi connectivity index (χ0n) is 12.1. The van der Waals surface area contributed by atoms with E-state index in [1.807, 2.05) is 18.2 Å². The maximum Gasteiger partial charge on any atom is 0.437 e. The first-order valence-electron chi connectivity index (χ1n) is 6.92. The number of ether oxygens (including phenoxy) is 1. The van der Waals surface area contributed by atoms with Gasteiger partial charge in [0, 0.05) is 4.47 Å². The molecule has 0 saturated carbocycles. The molecule has 1 N–H and O–H groups in total. The summed E-state index contributed by atoms with van der Waals surface area (Å²) in [7, 11) is 1.34. The summed E-state index contributed by atoms with van der Waals surface area (Å²) < 4.78 is 45.2. The van der Waals surface area contributed by atoms with Crippen molar-refractivity contribution in [2.45, 2.75) is 25.1 Å². The Bertz CT molecular complexity index is 736. The quantitative estimate of drug-likeness (QED) is 0.849. The number of methoxy groups -OCH3 is 1. The topological polar surface area (TPSA) is 47.0 Å². The van der Waals surface area contributed by atoms with Gasteiger partial charge in [0.25, 0.3) is 0 Å². The van der Waals surface area contributed by atoms with E-state index in [2.05, 4.69) is 31.2 Å². The molecule has 0 spiro atoms. The smallest absolute Gasteiger partial charge is 0.437 e. The van der Waals surface area contributed by atoms with Gasteiger partial charge >= 0.3 is 6.18 Å². The average Bonchev–Trinajstić information content (AvgIpc) is 2.90. The number of hydrogen-bond donors (Lipinski definition) is 1. The Kier molecular flexibility index (Phi) is 4.18. The van der Waals surface area contributed by atoms with Crippen molar-refractivity contribution >= 4 is 21.7 Å². The Labute approximate surface area is 139 Å². The second-order valence-electron chi connectivity index (χ2n) is 5.15. The van der Waals surface area contributed by atoms with Crippen molar-refractivity contribution in [1.29, 1.82) is 0 Å². The van der Waals surface area contributed by atoms with E-state index in [1.165, 1.54) is 7.11 Å². The van der Waals surface area contributed by atoms with E-state index in [0.29, 0.717) is 6.42 Å². The number of benzene rings is 1. The van der Waals surface area contributed by atoms with Gasteiger partial charge in [-0.05, 0) is 30.0 Å². The lowest BCUT2D eigenvalue weighted by Crippen LogP contribution is -2.17. The highest BCUT2D eigenvalue weighted by atomic mass is 79.9. The minimum atomic E-state index is -4.58. The van der Waals surface area contributed by atoms with Gasteiger partial charge in [-0.1, -0.05) is 28.1 Å². The van der Waals surface area contributed by atoms with Crippen LogP contribution in [-0.4, -0.2) is 17.1 Å². The lowest BCUT2D eigenvalue weighted by Gasteiger charge is -2.18. The second-order valence-corrected chi connectivity index (χ2v) is 6.00. The molecule has 8 heteroatoms. The zero-order chi connectivity index (χ0) is 16.6. The van der Waals surface area contributed by atoms with Crippen LogP contribution in [-0.2, 0) is 12.6 Å². The first-order valence-corrected chi connectivity index (χ1v) is 7.71. The fraction of sp³-hybridized carbons (Fsp3) is 0.333. The molecular weight excluding hydrogens is 375 g/mol. The number of alkyl halides is 3. The molecule has 1 atom stereocenters. The van der Waals surface area contributed by atoms with E-state index in [9.17, 15) is 13.2 Å². The lowest BCUT2D eigenvalue weighted by atomic mass is 10.1. The van der Waals surface area contributed by atoms with Crippen LogP contribution < -0.4 is 10.1 Å². The molecule has 0 amide bonds. The van der Waals surface area contributed by atoms with Crippen LogP contribution >= 0.6 is 15.9 Å². The Morgan fingerprint density at radius 2 is 2.13 bits per heavy atom. The van der Waals surface area contributed by atoms with Crippen molar-refractivity contribution in [3.05, 3.63) is 45.7 Å². The molecule has 0 fully saturated rings. The summed E-state index contributed by atoms with van der Waals surface area (Å²) in [5.74, 6) is -0.275. The van der Waals surface area contributed by atoms with Crippen molar-refractivity contribution in [1.82, 2.24) is 9.97 Å². The first-order chi connectivity index (χ1) is 10.9. The number of rotatable bonds is 3. The largest absolute Gasteiger partial charge is 0.480 e. The number of nitrogens with zero attached hydrogens (tertiary/aromatic N) is 2. The molecule has 23 heavy (non-hydrogen) atoms. The van der Waals surface area contributed by atoms with Gasteiger partial charge in [-0.15, -0.1) is 0 Å². The van der Waals surface area contributed by atoms with Gasteiger partial charge in [0.1, 0.15) is 0 Å². The second kappa shape index (κ2) is 5.99. The molecule has 2 aromatic rings. The summed E-state index contributed by atoms with van der Waals surface area (Å²) in [5.41, 5.74) is 1.04. The van der Waals surface area contributed by atoms with E-state index in [4.69, 9.17) is 4.74 Å². The predicted octanol–water partition coefficient (Wildman–Crippen LogP) is 4.37. The van der Waals surface area contributed by atoms with E-state index in [1.54, 1.807) is 0 Å². The molecule has 0 radical (unpaired) electrons. The van der Waals surface area contributed by atoms with Gasteiger partial charge in [0.2, 0.25) is 5.88 Å². The molecule has 0 saturated heterocycles. The number of nitrogens with one attached hydrogen (secondary N) is 1. The fourth-order valence-electron chi connectivity index (χ4n) is 2.70. The van der Waals surface area contributed by atoms with Crippen LogP contribution in [0.1, 0.15) is 29.3 Å². The van der Waals surface area contributed by atoms with Crippen LogP contribution in [0.25, 0.3) is 0 Å². The summed E-state index contributed by atoms with van der Waals surface area (Å²) in [6, 6.07) is 5.45. The summed E-state index contributed by atoms with van der Waals surface area (Å²) in [6.45, 7) is 0. The number of hydrogen-bond acceptors (Lipinski definition) is 4. The van der Waals surface area contributed by atoms with Crippen molar-refractivity contribution in [2.24, 2.45) is 0 Å². The summed E-state index contributed by atoms with van der Waals surface area (Å²) in [4.78, 5) is 7.34. The molecule has 122 valence electrons. The number of halogens is 4. The van der Waals surface area contributed by atoms with Crippen LogP contribution in [0.5, 0.6) is 5.88 Å². The van der Waals surface area contributed by atoms with Crippen molar-refractivity contribution in [3.8, 4) is 5.88 Å². The zero-order valence-corrected chi connectivity index (χ0v) is 13.7. The molecule has 4 nitrogen and oxygen atoms in total. The Morgan fingerprint density at radius 1 is 1.35 bits per heavy atom. The van der Waals surface area contributed by atoms with Gasteiger partial charge < -0.3 is 10.1 Å². The van der Waals surface area contributed by atoms with E-state index < -0.39 is 11.9 Å². The van der Waals surface area contributed by atoms with Gasteiger partial charge in [0.15, 0.2) is 11.5 Å². The Morgan fingerprint density at radius 3 is 2.83 bits per heavy atom. The molecule has 1 aromatic heterocycles. The third-order valence-corrected chi connectivity index (χ3v) is 4.50. The number of aromatic nitrogens is 2. The third kappa shape index (κ3) is 3.12. The monoisotopic (exact) mass is 387 g/mol. The molecule has 0 aliphatic heterocycles. The van der Waals surface area contributed by atoms with Crippen LogP contribution in [0.3, 0.4) is 0 Å². The van der Waals surface area contributed by atoms with E-state index in [0.717, 1.165) is 28.2 Å². The fourth-order valence-corrected chi connectivity index (χ4v) is 3.28. The minimum absolute atomic E-state index is 0.0352. The SMILES string of the molecule is COc1cnc(C(F)(F)F)c(N[C@H]2CCc3c(Br)cccc32)n1. The molecule has 1 aliphatic carbocycles. The molecular formula is C15H13BrF3N3O. The maximum absolute atomic E-state index is 13.1. The molecule has 0 bridgehead atoms. The van der Waals surface area contributed by atoms with Gasteiger partial charge in [-0.2, -0.15) is 18.2 Å². The molecule has 1 aromatic carbocycles. The van der Waals surface area contributed by atoms with Gasteiger partial charge in [-0.3, -0.25) is 0 Å². The lowest BCUT2D eigenvalue weighted by molar-refractivity contribution is -0.140. The van der Waals surface area contributed by atoms with E-state index >= 15 is 0 Å². The number of fused-ring (bicyclic) bond motifs is 1. The van der Waals surface area contributed by atoms with Crippen LogP contribution in [0.15, 0.2) is 28.9 Å². The highest BCUT2D eigenvalue weighted by Gasteiger charge is 2.38. The Hall–Kier alpha value is -1.83. The predicted molar refractivity (Wildman–Crippen MR) is 82.4 cm³/mol. The van der Waals surface area contributed by atoms with Gasteiger partial charge in [0.05, 0.1) is 19.3 Å².